The normalized spacial score (nSPS) is 14.0. The van der Waals surface area contributed by atoms with Crippen molar-refractivity contribution in [1.82, 2.24) is 0 Å². The van der Waals surface area contributed by atoms with Gasteiger partial charge in [-0.3, -0.25) is 0 Å². The van der Waals surface area contributed by atoms with Gasteiger partial charge in [0, 0.05) is 11.9 Å². The van der Waals surface area contributed by atoms with Crippen LogP contribution in [0.4, 0.5) is 13.2 Å². The number of hydrogen-bond acceptors (Lipinski definition) is 2. The smallest absolute Gasteiger partial charge is 0.312 e. The average molecular weight is 180 g/mol. The van der Waals surface area contributed by atoms with Crippen LogP contribution < -0.4 is 0 Å². The van der Waals surface area contributed by atoms with E-state index in [0.717, 1.165) is 0 Å². The molecule has 12 heavy (non-hydrogen) atoms. The second kappa shape index (κ2) is 4.23. The van der Waals surface area contributed by atoms with Gasteiger partial charge in [-0.15, -0.1) is 0 Å². The van der Waals surface area contributed by atoms with E-state index in [1.807, 2.05) is 0 Å². The highest BCUT2D eigenvalue weighted by Crippen LogP contribution is 2.26. The van der Waals surface area contributed by atoms with Gasteiger partial charge in [-0.2, -0.15) is 13.2 Å². The molecule has 0 spiro atoms. The van der Waals surface area contributed by atoms with E-state index in [1.54, 1.807) is 6.92 Å². The van der Waals surface area contributed by atoms with Crippen LogP contribution in [-0.2, 0) is 0 Å². The standard InChI is InChI=1S/C7H11F3N2/c1-2-3-6(12)5(4-11)7(8,9)10/h4-5,11-12H,2-3H2,1H3. The molecule has 0 heterocycles. The predicted octanol–water partition coefficient (Wildman–Crippen LogP) is 2.63. The molecule has 0 aromatic heterocycles. The van der Waals surface area contributed by atoms with E-state index in [2.05, 4.69) is 0 Å². The van der Waals surface area contributed by atoms with Crippen molar-refractivity contribution < 1.29 is 13.2 Å². The molecule has 0 bridgehead atoms. The van der Waals surface area contributed by atoms with Crippen molar-refractivity contribution in [3.63, 3.8) is 0 Å². The zero-order valence-corrected chi connectivity index (χ0v) is 6.70. The van der Waals surface area contributed by atoms with Gasteiger partial charge in [0.05, 0.1) is 0 Å². The van der Waals surface area contributed by atoms with Crippen LogP contribution in [0, 0.1) is 16.7 Å². The van der Waals surface area contributed by atoms with E-state index in [4.69, 9.17) is 10.8 Å². The minimum Gasteiger partial charge on any atom is -0.312 e. The molecule has 1 atom stereocenters. The lowest BCUT2D eigenvalue weighted by atomic mass is 10.0. The van der Waals surface area contributed by atoms with Gasteiger partial charge in [0.2, 0.25) is 0 Å². The van der Waals surface area contributed by atoms with Crippen molar-refractivity contribution in [2.45, 2.75) is 25.9 Å². The van der Waals surface area contributed by atoms with Gasteiger partial charge in [-0.05, 0) is 6.42 Å². The molecular formula is C7H11F3N2. The number of halogens is 3. The lowest BCUT2D eigenvalue weighted by Crippen LogP contribution is -2.31. The van der Waals surface area contributed by atoms with Gasteiger partial charge in [-0.25, -0.2) is 0 Å². The zero-order chi connectivity index (χ0) is 9.78. The molecule has 0 fully saturated rings. The third-order valence-corrected chi connectivity index (χ3v) is 1.41. The molecule has 0 saturated carbocycles. The maximum absolute atomic E-state index is 12.0. The van der Waals surface area contributed by atoms with Crippen LogP contribution in [0.5, 0.6) is 0 Å². The Hall–Kier alpha value is -0.870. The van der Waals surface area contributed by atoms with Gasteiger partial charge in [0.1, 0.15) is 5.92 Å². The molecule has 0 aliphatic heterocycles. The summed E-state index contributed by atoms with van der Waals surface area (Å²) >= 11 is 0. The highest BCUT2D eigenvalue weighted by atomic mass is 19.4. The molecule has 0 amide bonds. The Morgan fingerprint density at radius 2 is 2.00 bits per heavy atom. The maximum Gasteiger partial charge on any atom is 0.401 e. The summed E-state index contributed by atoms with van der Waals surface area (Å²) in [6.07, 6.45) is -3.61. The first-order valence-electron chi connectivity index (χ1n) is 3.58. The van der Waals surface area contributed by atoms with Crippen molar-refractivity contribution in [2.75, 3.05) is 0 Å². The topological polar surface area (TPSA) is 47.7 Å². The number of rotatable bonds is 4. The average Bonchev–Trinajstić information content (AvgIpc) is 1.85. The summed E-state index contributed by atoms with van der Waals surface area (Å²) in [5, 5.41) is 13.6. The molecule has 2 nitrogen and oxygen atoms in total. The highest BCUT2D eigenvalue weighted by Gasteiger charge is 2.40. The fraction of sp³-hybridized carbons (Fsp3) is 0.714. The van der Waals surface area contributed by atoms with Crippen LogP contribution >= 0.6 is 0 Å². The Kier molecular flexibility index (Phi) is 3.92. The molecule has 5 heteroatoms. The molecular weight excluding hydrogens is 169 g/mol. The molecule has 70 valence electrons. The van der Waals surface area contributed by atoms with E-state index in [9.17, 15) is 13.2 Å². The molecule has 0 aliphatic carbocycles. The minimum atomic E-state index is -4.48. The van der Waals surface area contributed by atoms with Crippen LogP contribution in [0.25, 0.3) is 0 Å². The van der Waals surface area contributed by atoms with Crippen LogP contribution in [0.15, 0.2) is 0 Å². The van der Waals surface area contributed by atoms with E-state index in [-0.39, 0.29) is 12.6 Å². The van der Waals surface area contributed by atoms with E-state index < -0.39 is 17.8 Å². The Balaban J connectivity index is 4.35. The SMILES string of the molecule is CCCC(=N)C(C=N)C(F)(F)F. The van der Waals surface area contributed by atoms with Crippen molar-refractivity contribution in [2.24, 2.45) is 5.92 Å². The summed E-state index contributed by atoms with van der Waals surface area (Å²) < 4.78 is 36.0. The molecule has 0 aromatic carbocycles. The lowest BCUT2D eigenvalue weighted by molar-refractivity contribution is -0.138. The Labute approximate surface area is 68.8 Å². The summed E-state index contributed by atoms with van der Waals surface area (Å²) in [5.41, 5.74) is -0.431. The second-order valence-corrected chi connectivity index (χ2v) is 2.46. The first-order valence-corrected chi connectivity index (χ1v) is 3.58. The van der Waals surface area contributed by atoms with E-state index in [0.29, 0.717) is 6.42 Å². The minimum absolute atomic E-state index is 0.0968. The third kappa shape index (κ3) is 3.02. The highest BCUT2D eigenvalue weighted by molar-refractivity contribution is 5.96. The molecule has 0 radical (unpaired) electrons. The van der Waals surface area contributed by atoms with Crippen LogP contribution in [-0.4, -0.2) is 18.1 Å². The van der Waals surface area contributed by atoms with Crippen LogP contribution in [0.3, 0.4) is 0 Å². The molecule has 0 aromatic rings. The Morgan fingerprint density at radius 1 is 1.50 bits per heavy atom. The molecule has 0 aliphatic rings. The fourth-order valence-corrected chi connectivity index (χ4v) is 0.817. The lowest BCUT2D eigenvalue weighted by Gasteiger charge is -2.15. The summed E-state index contributed by atoms with van der Waals surface area (Å²) in [4.78, 5) is 0. The van der Waals surface area contributed by atoms with Crippen molar-refractivity contribution in [3.05, 3.63) is 0 Å². The summed E-state index contributed by atoms with van der Waals surface area (Å²) in [5.74, 6) is -1.99. The summed E-state index contributed by atoms with van der Waals surface area (Å²) in [6.45, 7) is 1.70. The molecule has 0 saturated heterocycles. The second-order valence-electron chi connectivity index (χ2n) is 2.46. The van der Waals surface area contributed by atoms with E-state index in [1.165, 1.54) is 0 Å². The Bertz CT molecular complexity index is 174. The van der Waals surface area contributed by atoms with Gasteiger partial charge in [0.25, 0.3) is 0 Å². The summed E-state index contributed by atoms with van der Waals surface area (Å²) in [6, 6.07) is 0. The first kappa shape index (κ1) is 11.1. The molecule has 0 rings (SSSR count). The van der Waals surface area contributed by atoms with Gasteiger partial charge < -0.3 is 10.8 Å². The maximum atomic E-state index is 12.0. The fourth-order valence-electron chi connectivity index (χ4n) is 0.817. The first-order chi connectivity index (χ1) is 5.43. The van der Waals surface area contributed by atoms with Crippen molar-refractivity contribution >= 4 is 11.9 Å². The zero-order valence-electron chi connectivity index (χ0n) is 6.70. The van der Waals surface area contributed by atoms with Crippen molar-refractivity contribution in [3.8, 4) is 0 Å². The van der Waals surface area contributed by atoms with Crippen LogP contribution in [0.1, 0.15) is 19.8 Å². The molecule has 2 N–H and O–H groups in total. The predicted molar refractivity (Wildman–Crippen MR) is 41.0 cm³/mol. The van der Waals surface area contributed by atoms with Gasteiger partial charge in [0.15, 0.2) is 0 Å². The number of hydrogen-bond donors (Lipinski definition) is 2. The number of nitrogens with one attached hydrogen (secondary N) is 2. The van der Waals surface area contributed by atoms with Crippen molar-refractivity contribution in [1.29, 1.82) is 10.8 Å². The van der Waals surface area contributed by atoms with Gasteiger partial charge in [-0.1, -0.05) is 13.3 Å². The van der Waals surface area contributed by atoms with E-state index >= 15 is 0 Å². The monoisotopic (exact) mass is 180 g/mol. The largest absolute Gasteiger partial charge is 0.401 e. The Morgan fingerprint density at radius 3 is 2.25 bits per heavy atom. The molecule has 1 unspecified atom stereocenters. The van der Waals surface area contributed by atoms with Gasteiger partial charge >= 0.3 is 6.18 Å². The third-order valence-electron chi connectivity index (χ3n) is 1.41. The summed E-state index contributed by atoms with van der Waals surface area (Å²) in [7, 11) is 0. The number of alkyl halides is 3. The van der Waals surface area contributed by atoms with Crippen LogP contribution in [0.2, 0.25) is 0 Å². The quantitative estimate of drug-likeness (QED) is 0.625.